The first-order chi connectivity index (χ1) is 16.7. The fourth-order valence-corrected chi connectivity index (χ4v) is 5.89. The number of ketones is 1. The van der Waals surface area contributed by atoms with Crippen LogP contribution in [0.1, 0.15) is 28.8 Å². The monoisotopic (exact) mass is 534 g/mol. The molecule has 0 spiro atoms. The quantitative estimate of drug-likeness (QED) is 0.429. The van der Waals surface area contributed by atoms with Gasteiger partial charge in [-0.05, 0) is 67.4 Å². The minimum atomic E-state index is -3.89. The van der Waals surface area contributed by atoms with Crippen molar-refractivity contribution in [3.63, 3.8) is 0 Å². The van der Waals surface area contributed by atoms with Crippen molar-refractivity contribution < 1.29 is 22.4 Å². The third-order valence-electron chi connectivity index (χ3n) is 5.81. The van der Waals surface area contributed by atoms with Crippen LogP contribution in [0.5, 0.6) is 0 Å². The average Bonchev–Trinajstić information content (AvgIpc) is 2.85. The number of nitrogens with one attached hydrogen (secondary N) is 1. The molecule has 1 fully saturated rings. The fourth-order valence-electron chi connectivity index (χ4n) is 3.97. The van der Waals surface area contributed by atoms with Gasteiger partial charge in [-0.1, -0.05) is 35.3 Å². The molecule has 0 aromatic heterocycles. The van der Waals surface area contributed by atoms with E-state index in [2.05, 4.69) is 5.32 Å². The number of nitrogens with zero attached hydrogens (tertiary/aromatic N) is 1. The Bertz CT molecular complexity index is 1380. The molecule has 35 heavy (non-hydrogen) atoms. The van der Waals surface area contributed by atoms with Crippen LogP contribution in [-0.4, -0.2) is 37.5 Å². The fraction of sp³-hybridized carbons (Fsp3) is 0.200. The first kappa shape index (κ1) is 25.3. The normalized spacial score (nSPS) is 16.6. The number of piperidine rings is 1. The predicted molar refractivity (Wildman–Crippen MR) is 133 cm³/mol. The van der Waals surface area contributed by atoms with Gasteiger partial charge in [0.05, 0.1) is 21.5 Å². The van der Waals surface area contributed by atoms with Crippen LogP contribution >= 0.6 is 23.2 Å². The van der Waals surface area contributed by atoms with Crippen molar-refractivity contribution in [2.45, 2.75) is 17.7 Å². The zero-order valence-electron chi connectivity index (χ0n) is 18.4. The van der Waals surface area contributed by atoms with Crippen LogP contribution in [0.25, 0.3) is 0 Å². The third kappa shape index (κ3) is 5.56. The molecule has 3 aromatic rings. The van der Waals surface area contributed by atoms with E-state index in [4.69, 9.17) is 23.2 Å². The van der Waals surface area contributed by atoms with Crippen molar-refractivity contribution in [3.05, 3.63) is 93.7 Å². The van der Waals surface area contributed by atoms with Gasteiger partial charge < -0.3 is 5.32 Å². The second-order valence-corrected chi connectivity index (χ2v) is 10.9. The summed E-state index contributed by atoms with van der Waals surface area (Å²) in [7, 11) is -3.89. The Labute approximate surface area is 212 Å². The molecule has 0 bridgehead atoms. The highest BCUT2D eigenvalue weighted by Crippen LogP contribution is 2.29. The third-order valence-corrected chi connectivity index (χ3v) is 8.25. The van der Waals surface area contributed by atoms with Crippen molar-refractivity contribution in [1.29, 1.82) is 0 Å². The Morgan fingerprint density at radius 3 is 2.40 bits per heavy atom. The number of carbonyl (C=O) groups is 2. The molecule has 1 heterocycles. The summed E-state index contributed by atoms with van der Waals surface area (Å²) in [5.74, 6) is -2.00. The van der Waals surface area contributed by atoms with Gasteiger partial charge in [-0.3, -0.25) is 9.59 Å². The van der Waals surface area contributed by atoms with Crippen molar-refractivity contribution >= 4 is 50.6 Å². The highest BCUT2D eigenvalue weighted by atomic mass is 35.5. The molecule has 1 N–H and O–H groups in total. The lowest BCUT2D eigenvalue weighted by atomic mass is 9.97. The molecule has 1 atom stereocenters. The smallest absolute Gasteiger partial charge is 0.243 e. The van der Waals surface area contributed by atoms with Gasteiger partial charge in [0, 0.05) is 29.2 Å². The number of halogens is 3. The average molecular weight is 535 g/mol. The number of hydrogen-bond acceptors (Lipinski definition) is 4. The molecule has 182 valence electrons. The molecule has 1 aliphatic heterocycles. The maximum absolute atomic E-state index is 13.2. The van der Waals surface area contributed by atoms with E-state index >= 15 is 0 Å². The van der Waals surface area contributed by atoms with Crippen LogP contribution in [0.2, 0.25) is 10.0 Å². The molecule has 1 amide bonds. The number of benzene rings is 3. The number of hydrogen-bond donors (Lipinski definition) is 1. The summed E-state index contributed by atoms with van der Waals surface area (Å²) in [5, 5.41) is 3.34. The summed E-state index contributed by atoms with van der Waals surface area (Å²) in [6, 6.07) is 15.7. The Balaban J connectivity index is 1.55. The van der Waals surface area contributed by atoms with Crippen molar-refractivity contribution in [3.8, 4) is 0 Å². The first-order valence-corrected chi connectivity index (χ1v) is 13.0. The van der Waals surface area contributed by atoms with Crippen LogP contribution < -0.4 is 5.32 Å². The molecule has 1 saturated heterocycles. The number of rotatable bonds is 6. The zero-order chi connectivity index (χ0) is 25.2. The van der Waals surface area contributed by atoms with Crippen LogP contribution in [-0.2, 0) is 14.8 Å². The summed E-state index contributed by atoms with van der Waals surface area (Å²) in [6.45, 7) is 0.216. The number of sulfonamides is 1. The summed E-state index contributed by atoms with van der Waals surface area (Å²) < 4.78 is 40.5. The number of anilines is 1. The van der Waals surface area contributed by atoms with E-state index < -0.39 is 33.4 Å². The van der Waals surface area contributed by atoms with Crippen molar-refractivity contribution in [2.75, 3.05) is 18.4 Å². The highest BCUT2D eigenvalue weighted by Gasteiger charge is 2.33. The van der Waals surface area contributed by atoms with Crippen molar-refractivity contribution in [2.24, 2.45) is 5.92 Å². The van der Waals surface area contributed by atoms with Gasteiger partial charge in [0.2, 0.25) is 15.9 Å². The second-order valence-electron chi connectivity index (χ2n) is 8.14. The van der Waals surface area contributed by atoms with E-state index in [1.165, 1.54) is 28.6 Å². The molecule has 0 aliphatic carbocycles. The van der Waals surface area contributed by atoms with Gasteiger partial charge >= 0.3 is 0 Å². The summed E-state index contributed by atoms with van der Waals surface area (Å²) in [5.41, 5.74) is 0.689. The molecule has 0 saturated carbocycles. The molecular weight excluding hydrogens is 514 g/mol. The summed E-state index contributed by atoms with van der Waals surface area (Å²) in [4.78, 5) is 26.2. The van der Waals surface area contributed by atoms with E-state index in [-0.39, 0.29) is 39.8 Å². The van der Waals surface area contributed by atoms with E-state index in [1.54, 1.807) is 30.3 Å². The molecule has 3 aromatic carbocycles. The Morgan fingerprint density at radius 2 is 1.69 bits per heavy atom. The summed E-state index contributed by atoms with van der Waals surface area (Å²) in [6.07, 6.45) is 0.952. The topological polar surface area (TPSA) is 83.6 Å². The molecule has 1 aliphatic rings. The lowest BCUT2D eigenvalue weighted by Crippen LogP contribution is -2.43. The lowest BCUT2D eigenvalue weighted by molar-refractivity contribution is -0.120. The Hall–Kier alpha value is -2.78. The van der Waals surface area contributed by atoms with Gasteiger partial charge in [-0.25, -0.2) is 12.8 Å². The minimum Gasteiger partial charge on any atom is -0.325 e. The van der Waals surface area contributed by atoms with Crippen LogP contribution in [0.4, 0.5) is 10.1 Å². The van der Waals surface area contributed by atoms with Gasteiger partial charge in [0.25, 0.3) is 0 Å². The van der Waals surface area contributed by atoms with E-state index in [0.717, 1.165) is 12.1 Å². The molecule has 0 radical (unpaired) electrons. The van der Waals surface area contributed by atoms with Crippen LogP contribution in [0.3, 0.4) is 0 Å². The van der Waals surface area contributed by atoms with Gasteiger partial charge in [0.15, 0.2) is 5.78 Å². The van der Waals surface area contributed by atoms with E-state index in [9.17, 15) is 22.4 Å². The molecule has 10 heteroatoms. The standard InChI is InChI=1S/C25H21Cl2FN2O4S/c26-17-7-12-23(21(14-17)24(31)20-5-1-2-6-22(20)27)29-25(32)16-4-3-13-30(15-16)35(33,34)19-10-8-18(28)9-11-19/h1-2,5-12,14,16H,3-4,13,15H2,(H,29,32). The number of amides is 1. The zero-order valence-corrected chi connectivity index (χ0v) is 20.7. The maximum atomic E-state index is 13.2. The van der Waals surface area contributed by atoms with E-state index in [0.29, 0.717) is 17.9 Å². The van der Waals surface area contributed by atoms with Crippen LogP contribution in [0, 0.1) is 11.7 Å². The lowest BCUT2D eigenvalue weighted by Gasteiger charge is -2.31. The number of carbonyl (C=O) groups excluding carboxylic acids is 2. The minimum absolute atomic E-state index is 0.0348. The van der Waals surface area contributed by atoms with Gasteiger partial charge in [-0.15, -0.1) is 0 Å². The van der Waals surface area contributed by atoms with Crippen LogP contribution in [0.15, 0.2) is 71.6 Å². The molecule has 4 rings (SSSR count). The second kappa shape index (κ2) is 10.5. The summed E-state index contributed by atoms with van der Waals surface area (Å²) >= 11 is 12.3. The first-order valence-electron chi connectivity index (χ1n) is 10.8. The van der Waals surface area contributed by atoms with E-state index in [1.807, 2.05) is 0 Å². The Morgan fingerprint density at radius 1 is 0.971 bits per heavy atom. The maximum Gasteiger partial charge on any atom is 0.243 e. The largest absolute Gasteiger partial charge is 0.325 e. The highest BCUT2D eigenvalue weighted by molar-refractivity contribution is 7.89. The SMILES string of the molecule is O=C(c1ccccc1Cl)c1cc(Cl)ccc1NC(=O)C1CCCN(S(=O)(=O)c2ccc(F)cc2)C1. The molecule has 1 unspecified atom stereocenters. The molecule has 6 nitrogen and oxygen atoms in total. The van der Waals surface area contributed by atoms with Gasteiger partial charge in [-0.2, -0.15) is 4.31 Å². The van der Waals surface area contributed by atoms with Crippen molar-refractivity contribution in [1.82, 2.24) is 4.31 Å². The predicted octanol–water partition coefficient (Wildman–Crippen LogP) is 5.40. The van der Waals surface area contributed by atoms with Gasteiger partial charge in [0.1, 0.15) is 5.82 Å². The molecular formula is C25H21Cl2FN2O4S. The Kier molecular flexibility index (Phi) is 7.56.